The van der Waals surface area contributed by atoms with Gasteiger partial charge >= 0.3 is 0 Å². The lowest BCUT2D eigenvalue weighted by molar-refractivity contribution is -0.117. The number of ketones is 1. The zero-order valence-corrected chi connectivity index (χ0v) is 13.8. The van der Waals surface area contributed by atoms with Gasteiger partial charge in [-0.05, 0) is 42.5 Å². The van der Waals surface area contributed by atoms with Crippen molar-refractivity contribution in [2.75, 3.05) is 0 Å². The van der Waals surface area contributed by atoms with E-state index in [0.29, 0.717) is 16.3 Å². The molecule has 0 saturated carbocycles. The van der Waals surface area contributed by atoms with Crippen molar-refractivity contribution in [1.82, 2.24) is 4.98 Å². The minimum atomic E-state index is -0.513. The number of hydrogen-bond acceptors (Lipinski definition) is 5. The van der Waals surface area contributed by atoms with Crippen LogP contribution in [0.4, 0.5) is 0 Å². The van der Waals surface area contributed by atoms with Crippen LogP contribution in [-0.2, 0) is 30.5 Å². The molecule has 0 aliphatic heterocycles. The summed E-state index contributed by atoms with van der Waals surface area (Å²) in [6.45, 7) is 0. The number of nitrogens with zero attached hydrogens (tertiary/aromatic N) is 1. The number of aromatic nitrogens is 1. The SMILES string of the molecule is NC(=O)c1cnc(CC(=O)Cc2coc3cc4c(cc23)CCC4)s1. The maximum absolute atomic E-state index is 12.3. The van der Waals surface area contributed by atoms with E-state index in [-0.39, 0.29) is 12.2 Å². The highest BCUT2D eigenvalue weighted by molar-refractivity contribution is 7.13. The number of furan rings is 1. The molecule has 0 spiro atoms. The second kappa shape index (κ2) is 5.87. The minimum absolute atomic E-state index is 0.0450. The molecule has 2 aromatic heterocycles. The van der Waals surface area contributed by atoms with Crippen LogP contribution >= 0.6 is 11.3 Å². The molecule has 0 fully saturated rings. The second-order valence-corrected chi connectivity index (χ2v) is 7.22. The van der Waals surface area contributed by atoms with Gasteiger partial charge in [0.2, 0.25) is 0 Å². The summed E-state index contributed by atoms with van der Waals surface area (Å²) < 4.78 is 5.63. The lowest BCUT2D eigenvalue weighted by Gasteiger charge is -2.01. The third-order valence-corrected chi connectivity index (χ3v) is 5.41. The normalized spacial score (nSPS) is 13.3. The maximum Gasteiger partial charge on any atom is 0.260 e. The zero-order valence-electron chi connectivity index (χ0n) is 13.0. The van der Waals surface area contributed by atoms with Gasteiger partial charge < -0.3 is 10.2 Å². The van der Waals surface area contributed by atoms with E-state index in [1.54, 1.807) is 6.26 Å². The van der Waals surface area contributed by atoms with Crippen molar-refractivity contribution < 1.29 is 14.0 Å². The Morgan fingerprint density at radius 1 is 1.21 bits per heavy atom. The Bertz CT molecular complexity index is 954. The Morgan fingerprint density at radius 2 is 2.00 bits per heavy atom. The molecule has 1 aromatic carbocycles. The molecule has 1 aliphatic rings. The number of amides is 1. The van der Waals surface area contributed by atoms with E-state index >= 15 is 0 Å². The molecule has 0 saturated heterocycles. The molecular weight excluding hydrogens is 324 g/mol. The Morgan fingerprint density at radius 3 is 2.75 bits per heavy atom. The van der Waals surface area contributed by atoms with Gasteiger partial charge in [-0.25, -0.2) is 4.98 Å². The smallest absolute Gasteiger partial charge is 0.260 e. The minimum Gasteiger partial charge on any atom is -0.464 e. The molecule has 24 heavy (non-hydrogen) atoms. The summed E-state index contributed by atoms with van der Waals surface area (Å²) in [6.07, 6.45) is 6.99. The number of benzene rings is 1. The van der Waals surface area contributed by atoms with Crippen LogP contribution in [0.15, 0.2) is 29.0 Å². The summed E-state index contributed by atoms with van der Waals surface area (Å²) in [7, 11) is 0. The summed E-state index contributed by atoms with van der Waals surface area (Å²) >= 11 is 1.17. The van der Waals surface area contributed by atoms with Crippen LogP contribution in [0, 0.1) is 0 Å². The summed E-state index contributed by atoms with van der Waals surface area (Å²) in [5, 5.41) is 1.64. The fourth-order valence-electron chi connectivity index (χ4n) is 3.23. The first-order valence-corrected chi connectivity index (χ1v) is 8.70. The molecule has 0 atom stereocenters. The van der Waals surface area contributed by atoms with E-state index in [0.717, 1.165) is 29.4 Å². The number of carbonyl (C=O) groups excluding carboxylic acids is 2. The molecule has 0 bridgehead atoms. The molecule has 5 nitrogen and oxygen atoms in total. The molecule has 1 aliphatic carbocycles. The van der Waals surface area contributed by atoms with Crippen molar-refractivity contribution >= 4 is 34.0 Å². The second-order valence-electron chi connectivity index (χ2n) is 6.11. The van der Waals surface area contributed by atoms with Gasteiger partial charge in [-0.3, -0.25) is 9.59 Å². The van der Waals surface area contributed by atoms with E-state index in [4.69, 9.17) is 10.2 Å². The maximum atomic E-state index is 12.3. The lowest BCUT2D eigenvalue weighted by atomic mass is 10.0. The molecule has 2 heterocycles. The van der Waals surface area contributed by atoms with E-state index < -0.39 is 5.91 Å². The predicted molar refractivity (Wildman–Crippen MR) is 91.3 cm³/mol. The Kier molecular flexibility index (Phi) is 3.69. The number of nitrogens with two attached hydrogens (primary N) is 1. The van der Waals surface area contributed by atoms with Crippen LogP contribution in [0.2, 0.25) is 0 Å². The number of primary amides is 1. The van der Waals surface area contributed by atoms with Crippen molar-refractivity contribution in [3.63, 3.8) is 0 Å². The number of carbonyl (C=O) groups is 2. The van der Waals surface area contributed by atoms with Crippen molar-refractivity contribution in [3.8, 4) is 0 Å². The molecule has 0 radical (unpaired) electrons. The van der Waals surface area contributed by atoms with Crippen LogP contribution in [0.1, 0.15) is 37.8 Å². The van der Waals surface area contributed by atoms with Gasteiger partial charge in [0.05, 0.1) is 18.9 Å². The van der Waals surface area contributed by atoms with Gasteiger partial charge in [0.25, 0.3) is 5.91 Å². The largest absolute Gasteiger partial charge is 0.464 e. The fourth-order valence-corrected chi connectivity index (χ4v) is 4.03. The van der Waals surface area contributed by atoms with E-state index in [2.05, 4.69) is 17.1 Å². The number of Topliss-reactive ketones (excluding diaryl/α,β-unsaturated/α-hetero) is 1. The highest BCUT2D eigenvalue weighted by atomic mass is 32.1. The highest BCUT2D eigenvalue weighted by Gasteiger charge is 2.17. The first kappa shape index (κ1) is 15.1. The molecule has 1 amide bonds. The monoisotopic (exact) mass is 340 g/mol. The van der Waals surface area contributed by atoms with Crippen LogP contribution in [-0.4, -0.2) is 16.7 Å². The number of fused-ring (bicyclic) bond motifs is 2. The van der Waals surface area contributed by atoms with Gasteiger partial charge in [-0.1, -0.05) is 0 Å². The van der Waals surface area contributed by atoms with Crippen LogP contribution in [0.5, 0.6) is 0 Å². The summed E-state index contributed by atoms with van der Waals surface area (Å²) in [5.41, 5.74) is 9.69. The van der Waals surface area contributed by atoms with E-state index in [1.807, 2.05) is 0 Å². The van der Waals surface area contributed by atoms with Gasteiger partial charge in [-0.2, -0.15) is 0 Å². The van der Waals surface area contributed by atoms with Gasteiger partial charge in [0.15, 0.2) is 0 Å². The van der Waals surface area contributed by atoms with E-state index in [9.17, 15) is 9.59 Å². The molecule has 2 N–H and O–H groups in total. The number of aryl methyl sites for hydroxylation is 2. The number of hydrogen-bond donors (Lipinski definition) is 1. The lowest BCUT2D eigenvalue weighted by Crippen LogP contribution is -2.08. The average Bonchev–Trinajstić information content (AvgIpc) is 3.25. The Balaban J connectivity index is 1.53. The van der Waals surface area contributed by atoms with E-state index in [1.165, 1.54) is 35.1 Å². The Labute approximate surface area is 142 Å². The van der Waals surface area contributed by atoms with Gasteiger partial charge in [0, 0.05) is 17.4 Å². The number of thiazole rings is 1. The number of rotatable bonds is 5. The molecular formula is C18H16N2O3S. The van der Waals surface area contributed by atoms with Gasteiger partial charge in [0.1, 0.15) is 21.3 Å². The Hall–Kier alpha value is -2.47. The van der Waals surface area contributed by atoms with Crippen LogP contribution < -0.4 is 5.73 Å². The topological polar surface area (TPSA) is 86.2 Å². The molecule has 4 rings (SSSR count). The first-order chi connectivity index (χ1) is 11.6. The quantitative estimate of drug-likeness (QED) is 0.774. The third-order valence-electron chi connectivity index (χ3n) is 4.40. The predicted octanol–water partition coefficient (Wildman–Crippen LogP) is 2.83. The molecule has 6 heteroatoms. The van der Waals surface area contributed by atoms with Crippen molar-refractivity contribution in [3.05, 3.63) is 51.2 Å². The van der Waals surface area contributed by atoms with Gasteiger partial charge in [-0.15, -0.1) is 11.3 Å². The third kappa shape index (κ3) is 2.73. The first-order valence-electron chi connectivity index (χ1n) is 7.88. The highest BCUT2D eigenvalue weighted by Crippen LogP contribution is 2.30. The molecule has 0 unspecified atom stereocenters. The zero-order chi connectivity index (χ0) is 16.7. The van der Waals surface area contributed by atoms with Crippen molar-refractivity contribution in [2.45, 2.75) is 32.1 Å². The molecule has 122 valence electrons. The summed E-state index contributed by atoms with van der Waals surface area (Å²) in [6, 6.07) is 4.27. The fraction of sp³-hybridized carbons (Fsp3) is 0.278. The standard InChI is InChI=1S/C18H16N2O3S/c19-18(22)16-8-20-17(24-16)7-13(21)4-12-9-23-15-6-11-3-1-2-10(11)5-14(12)15/h5-6,8-9H,1-4,7H2,(H2,19,22). The van der Waals surface area contributed by atoms with Crippen LogP contribution in [0.3, 0.4) is 0 Å². The van der Waals surface area contributed by atoms with Crippen molar-refractivity contribution in [2.24, 2.45) is 5.73 Å². The summed E-state index contributed by atoms with van der Waals surface area (Å²) in [5.74, 6) is -0.468. The average molecular weight is 340 g/mol. The summed E-state index contributed by atoms with van der Waals surface area (Å²) in [4.78, 5) is 27.9. The van der Waals surface area contributed by atoms with Crippen LogP contribution in [0.25, 0.3) is 11.0 Å². The molecule has 3 aromatic rings. The van der Waals surface area contributed by atoms with Crippen molar-refractivity contribution in [1.29, 1.82) is 0 Å².